The molecule has 3 heteroatoms. The lowest BCUT2D eigenvalue weighted by molar-refractivity contribution is -0.118. The van der Waals surface area contributed by atoms with Crippen LogP contribution in [0.25, 0.3) is 0 Å². The second-order valence-electron chi connectivity index (χ2n) is 6.39. The Labute approximate surface area is 138 Å². The number of rotatable bonds is 3. The van der Waals surface area contributed by atoms with E-state index in [4.69, 9.17) is 0 Å². The molecule has 0 aliphatic carbocycles. The van der Waals surface area contributed by atoms with Crippen LogP contribution in [-0.4, -0.2) is 18.5 Å². The number of aryl methyl sites for hydroxylation is 2. The van der Waals surface area contributed by atoms with Gasteiger partial charge in [-0.15, -0.1) is 0 Å². The third kappa shape index (κ3) is 3.62. The quantitative estimate of drug-likeness (QED) is 0.906. The van der Waals surface area contributed by atoms with E-state index in [0.29, 0.717) is 5.92 Å². The molecule has 0 radical (unpaired) electrons. The van der Waals surface area contributed by atoms with Crippen molar-refractivity contribution in [1.82, 2.24) is 5.32 Å². The Balaban J connectivity index is 1.70. The molecule has 1 saturated heterocycles. The Bertz CT molecular complexity index is 661. The molecule has 1 aliphatic rings. The van der Waals surface area contributed by atoms with E-state index in [1.807, 2.05) is 38.1 Å². The highest BCUT2D eigenvalue weighted by Crippen LogP contribution is 2.28. The standard InChI is InChI=1S/C20H24N2O/c1-14-7-6-8-15(2)19(14)22-20(23)18-13-17(11-12-21-18)16-9-4-3-5-10-16/h3-10,17-18,21H,11-13H2,1-2H3,(H,22,23). The van der Waals surface area contributed by atoms with Gasteiger partial charge in [0.2, 0.25) is 5.91 Å². The fourth-order valence-electron chi connectivity index (χ4n) is 3.37. The zero-order chi connectivity index (χ0) is 16.2. The summed E-state index contributed by atoms with van der Waals surface area (Å²) in [6, 6.07) is 16.5. The monoisotopic (exact) mass is 308 g/mol. The van der Waals surface area contributed by atoms with E-state index in [-0.39, 0.29) is 11.9 Å². The van der Waals surface area contributed by atoms with Crippen molar-refractivity contribution in [3.05, 3.63) is 65.2 Å². The Hall–Kier alpha value is -2.13. The molecule has 2 N–H and O–H groups in total. The predicted octanol–water partition coefficient (Wildman–Crippen LogP) is 3.78. The highest BCUT2D eigenvalue weighted by molar-refractivity contribution is 5.96. The van der Waals surface area contributed by atoms with E-state index < -0.39 is 0 Å². The first kappa shape index (κ1) is 15.8. The number of hydrogen-bond donors (Lipinski definition) is 2. The molecule has 2 aromatic carbocycles. The smallest absolute Gasteiger partial charge is 0.241 e. The SMILES string of the molecule is Cc1cccc(C)c1NC(=O)C1CC(c2ccccc2)CCN1. The largest absolute Gasteiger partial charge is 0.324 e. The van der Waals surface area contributed by atoms with Gasteiger partial charge in [0.1, 0.15) is 0 Å². The molecule has 3 rings (SSSR count). The third-order valence-corrected chi connectivity index (χ3v) is 4.72. The molecule has 2 aromatic rings. The number of hydrogen-bond acceptors (Lipinski definition) is 2. The van der Waals surface area contributed by atoms with Gasteiger partial charge < -0.3 is 10.6 Å². The molecule has 1 heterocycles. The lowest BCUT2D eigenvalue weighted by atomic mass is 9.86. The molecule has 2 atom stereocenters. The van der Waals surface area contributed by atoms with Gasteiger partial charge in [-0.3, -0.25) is 4.79 Å². The van der Waals surface area contributed by atoms with Crippen LogP contribution < -0.4 is 10.6 Å². The van der Waals surface area contributed by atoms with Crippen LogP contribution in [0.5, 0.6) is 0 Å². The summed E-state index contributed by atoms with van der Waals surface area (Å²) in [4.78, 5) is 12.7. The summed E-state index contributed by atoms with van der Waals surface area (Å²) >= 11 is 0. The number of nitrogens with one attached hydrogen (secondary N) is 2. The maximum atomic E-state index is 12.7. The van der Waals surface area contributed by atoms with Crippen molar-refractivity contribution in [2.75, 3.05) is 11.9 Å². The summed E-state index contributed by atoms with van der Waals surface area (Å²) in [5.41, 5.74) is 4.49. The maximum Gasteiger partial charge on any atom is 0.241 e. The summed E-state index contributed by atoms with van der Waals surface area (Å²) in [7, 11) is 0. The second kappa shape index (κ2) is 6.97. The fraction of sp³-hybridized carbons (Fsp3) is 0.350. The number of para-hydroxylation sites is 1. The van der Waals surface area contributed by atoms with Gasteiger partial charge in [0, 0.05) is 5.69 Å². The van der Waals surface area contributed by atoms with Crippen LogP contribution in [0, 0.1) is 13.8 Å². The van der Waals surface area contributed by atoms with Gasteiger partial charge in [-0.1, -0.05) is 48.5 Å². The predicted molar refractivity (Wildman–Crippen MR) is 94.8 cm³/mol. The van der Waals surface area contributed by atoms with E-state index >= 15 is 0 Å². The van der Waals surface area contributed by atoms with E-state index in [1.165, 1.54) is 5.56 Å². The molecule has 0 bridgehead atoms. The highest BCUT2D eigenvalue weighted by atomic mass is 16.2. The van der Waals surface area contributed by atoms with E-state index in [9.17, 15) is 4.79 Å². The molecule has 23 heavy (non-hydrogen) atoms. The lowest BCUT2D eigenvalue weighted by Crippen LogP contribution is -2.45. The van der Waals surface area contributed by atoms with Crippen LogP contribution >= 0.6 is 0 Å². The van der Waals surface area contributed by atoms with Crippen molar-refractivity contribution >= 4 is 11.6 Å². The van der Waals surface area contributed by atoms with Crippen molar-refractivity contribution in [2.45, 2.75) is 38.6 Å². The van der Waals surface area contributed by atoms with Crippen LogP contribution in [-0.2, 0) is 4.79 Å². The first-order valence-corrected chi connectivity index (χ1v) is 8.30. The van der Waals surface area contributed by atoms with E-state index in [2.05, 4.69) is 34.9 Å². The molecule has 1 fully saturated rings. The molecule has 0 spiro atoms. The number of carbonyl (C=O) groups excluding carboxylic acids is 1. The van der Waals surface area contributed by atoms with Crippen LogP contribution in [0.15, 0.2) is 48.5 Å². The fourth-order valence-corrected chi connectivity index (χ4v) is 3.37. The highest BCUT2D eigenvalue weighted by Gasteiger charge is 2.28. The average Bonchev–Trinajstić information content (AvgIpc) is 2.59. The third-order valence-electron chi connectivity index (χ3n) is 4.72. The number of benzene rings is 2. The van der Waals surface area contributed by atoms with Crippen molar-refractivity contribution in [3.63, 3.8) is 0 Å². The maximum absolute atomic E-state index is 12.7. The minimum Gasteiger partial charge on any atom is -0.324 e. The molecule has 3 nitrogen and oxygen atoms in total. The topological polar surface area (TPSA) is 41.1 Å². The first-order chi connectivity index (χ1) is 11.1. The van der Waals surface area contributed by atoms with Crippen LogP contribution in [0.3, 0.4) is 0 Å². The van der Waals surface area contributed by atoms with Crippen molar-refractivity contribution < 1.29 is 4.79 Å². The molecular weight excluding hydrogens is 284 g/mol. The zero-order valence-electron chi connectivity index (χ0n) is 13.8. The number of piperidine rings is 1. The molecule has 120 valence electrons. The number of carbonyl (C=O) groups is 1. The molecule has 0 saturated carbocycles. The minimum absolute atomic E-state index is 0.0723. The van der Waals surface area contributed by atoms with Crippen LogP contribution in [0.4, 0.5) is 5.69 Å². The van der Waals surface area contributed by atoms with Crippen molar-refractivity contribution in [1.29, 1.82) is 0 Å². The Kier molecular flexibility index (Phi) is 4.77. The first-order valence-electron chi connectivity index (χ1n) is 8.30. The minimum atomic E-state index is -0.132. The van der Waals surface area contributed by atoms with Gasteiger partial charge >= 0.3 is 0 Å². The summed E-state index contributed by atoms with van der Waals surface area (Å²) < 4.78 is 0. The molecule has 1 amide bonds. The van der Waals surface area contributed by atoms with Gasteiger partial charge in [-0.2, -0.15) is 0 Å². The summed E-state index contributed by atoms with van der Waals surface area (Å²) in [5.74, 6) is 0.522. The summed E-state index contributed by atoms with van der Waals surface area (Å²) in [6.45, 7) is 4.94. The van der Waals surface area contributed by atoms with E-state index in [0.717, 1.165) is 36.2 Å². The van der Waals surface area contributed by atoms with Crippen molar-refractivity contribution in [3.8, 4) is 0 Å². The van der Waals surface area contributed by atoms with Crippen LogP contribution in [0.1, 0.15) is 35.4 Å². The van der Waals surface area contributed by atoms with Crippen molar-refractivity contribution in [2.24, 2.45) is 0 Å². The number of amides is 1. The molecule has 1 aliphatic heterocycles. The molecule has 0 aromatic heterocycles. The molecule has 2 unspecified atom stereocenters. The number of anilines is 1. The van der Waals surface area contributed by atoms with Crippen LogP contribution in [0.2, 0.25) is 0 Å². The van der Waals surface area contributed by atoms with E-state index in [1.54, 1.807) is 0 Å². The van der Waals surface area contributed by atoms with Gasteiger partial charge in [0.05, 0.1) is 6.04 Å². The Morgan fingerprint density at radius 1 is 1.04 bits per heavy atom. The lowest BCUT2D eigenvalue weighted by Gasteiger charge is -2.30. The zero-order valence-corrected chi connectivity index (χ0v) is 13.8. The molecular formula is C20H24N2O. The Morgan fingerprint density at radius 2 is 1.74 bits per heavy atom. The Morgan fingerprint density at radius 3 is 2.43 bits per heavy atom. The summed E-state index contributed by atoms with van der Waals surface area (Å²) in [6.07, 6.45) is 1.93. The van der Waals surface area contributed by atoms with Gasteiger partial charge in [0.25, 0.3) is 0 Å². The van der Waals surface area contributed by atoms with Gasteiger partial charge in [-0.05, 0) is 55.8 Å². The normalized spacial score (nSPS) is 21.0. The second-order valence-corrected chi connectivity index (χ2v) is 6.39. The van der Waals surface area contributed by atoms with Gasteiger partial charge in [-0.25, -0.2) is 0 Å². The average molecular weight is 308 g/mol. The summed E-state index contributed by atoms with van der Waals surface area (Å²) in [5, 5.41) is 6.48. The van der Waals surface area contributed by atoms with Gasteiger partial charge in [0.15, 0.2) is 0 Å².